The average Bonchev–Trinajstić information content (AvgIpc) is 3.85. The molecule has 0 saturated heterocycles. The van der Waals surface area contributed by atoms with Crippen molar-refractivity contribution in [1.29, 1.82) is 0 Å². The Hall–Kier alpha value is -4.81. The van der Waals surface area contributed by atoms with Crippen LogP contribution in [0.1, 0.15) is 36.6 Å². The first kappa shape index (κ1) is 28.0. The number of nitrogens with zero attached hydrogens (tertiary/aromatic N) is 2. The number of benzene rings is 2. The van der Waals surface area contributed by atoms with Crippen LogP contribution in [0.15, 0.2) is 91.0 Å². The van der Waals surface area contributed by atoms with Crippen molar-refractivity contribution in [2.45, 2.75) is 13.8 Å². The van der Waals surface area contributed by atoms with Crippen LogP contribution in [0.5, 0.6) is 0 Å². The van der Waals surface area contributed by atoms with Gasteiger partial charge in [0.2, 0.25) is 0 Å². The summed E-state index contributed by atoms with van der Waals surface area (Å²) in [5.41, 5.74) is 10.0. The van der Waals surface area contributed by atoms with E-state index in [1.807, 2.05) is 60.7 Å². The Labute approximate surface area is 255 Å². The van der Waals surface area contributed by atoms with Crippen molar-refractivity contribution in [2.75, 3.05) is 13.2 Å². The number of nitrogens with one attached hydrogen (secondary N) is 2. The second-order valence-electron chi connectivity index (χ2n) is 10.4. The molecule has 8 bridgehead atoms. The molecule has 44 heavy (non-hydrogen) atoms. The van der Waals surface area contributed by atoms with Crippen LogP contribution in [0.2, 0.25) is 0 Å². The maximum Gasteiger partial charge on any atom is 0.365 e. The fourth-order valence-electron chi connectivity index (χ4n) is 5.73. The zero-order valence-corrected chi connectivity index (χ0v) is 25.3. The summed E-state index contributed by atoms with van der Waals surface area (Å²) in [6, 6.07) is 30.6. The number of fused-ring (bicyclic) bond motifs is 8. The monoisotopic (exact) mass is 598 g/mol. The summed E-state index contributed by atoms with van der Waals surface area (Å²) in [5.74, 6) is 0. The van der Waals surface area contributed by atoms with Crippen LogP contribution < -0.4 is 5.30 Å². The van der Waals surface area contributed by atoms with Gasteiger partial charge in [0, 0.05) is 33.2 Å². The van der Waals surface area contributed by atoms with Gasteiger partial charge in [0.05, 0.1) is 36.0 Å². The van der Waals surface area contributed by atoms with Crippen molar-refractivity contribution in [3.05, 3.63) is 114 Å². The molecule has 5 heterocycles. The van der Waals surface area contributed by atoms with Gasteiger partial charge >= 0.3 is 7.60 Å². The highest BCUT2D eigenvalue weighted by Crippen LogP contribution is 2.49. The number of hydrogen-bond donors (Lipinski definition) is 2. The standard InChI is InChI=1S/C36H31N4O3P/c1-3-42-44(41,43-4-2)36-32-21-19-30(39-32)34(24-11-7-5-8-12-24)28-17-15-26(37-28)23-27-16-18-29(38-27)35(25-13-9-6-10-14-25)31-20-22-33(36)40-31/h5-23,37-38H,3-4H2,1-2H3. The number of aromatic nitrogens is 4. The van der Waals surface area contributed by atoms with Gasteiger partial charge in [0.1, 0.15) is 5.30 Å². The van der Waals surface area contributed by atoms with E-state index in [1.54, 1.807) is 13.8 Å². The molecule has 2 aliphatic rings. The van der Waals surface area contributed by atoms with E-state index in [1.165, 1.54) is 0 Å². The van der Waals surface area contributed by atoms with E-state index in [2.05, 4.69) is 64.6 Å². The topological polar surface area (TPSA) is 92.9 Å². The van der Waals surface area contributed by atoms with Crippen molar-refractivity contribution >= 4 is 59.3 Å². The molecule has 8 heteroatoms. The third-order valence-electron chi connectivity index (χ3n) is 7.54. The summed E-state index contributed by atoms with van der Waals surface area (Å²) in [6.07, 6.45) is 7.65. The zero-order chi connectivity index (χ0) is 30.1. The van der Waals surface area contributed by atoms with Crippen LogP contribution in [-0.4, -0.2) is 33.1 Å². The minimum absolute atomic E-state index is 0.206. The van der Waals surface area contributed by atoms with Gasteiger partial charge in [-0.25, -0.2) is 9.97 Å². The maximum absolute atomic E-state index is 14.5. The quantitative estimate of drug-likeness (QED) is 0.179. The highest BCUT2D eigenvalue weighted by molar-refractivity contribution is 7.62. The van der Waals surface area contributed by atoms with Gasteiger partial charge in [-0.3, -0.25) is 4.57 Å². The molecule has 0 saturated carbocycles. The first-order valence-electron chi connectivity index (χ1n) is 14.7. The maximum atomic E-state index is 14.5. The van der Waals surface area contributed by atoms with E-state index in [-0.39, 0.29) is 13.2 Å². The highest BCUT2D eigenvalue weighted by atomic mass is 31.2. The first-order chi connectivity index (χ1) is 21.6. The molecular weight excluding hydrogens is 567 g/mol. The minimum Gasteiger partial charge on any atom is -0.355 e. The molecule has 0 atom stereocenters. The van der Waals surface area contributed by atoms with Crippen molar-refractivity contribution in [3.63, 3.8) is 0 Å². The summed E-state index contributed by atoms with van der Waals surface area (Å²) in [7, 11) is -3.82. The molecular formula is C36H31N4O3P. The normalized spacial score (nSPS) is 12.6. The summed E-state index contributed by atoms with van der Waals surface area (Å²) in [4.78, 5) is 17.3. The Morgan fingerprint density at radius 1 is 0.591 bits per heavy atom. The van der Waals surface area contributed by atoms with Gasteiger partial charge in [-0.1, -0.05) is 60.7 Å². The van der Waals surface area contributed by atoms with E-state index in [4.69, 9.17) is 19.0 Å². The van der Waals surface area contributed by atoms with E-state index < -0.39 is 7.60 Å². The SMILES string of the molecule is CCOP(=O)(OCC)c1c2nc(c(-c3ccccc3)c3ccc(cc4ccc([nH]4)c(-c4ccccc4)c4nc1C=C4)[nH]3)C=C2. The smallest absolute Gasteiger partial charge is 0.355 e. The molecule has 0 amide bonds. The van der Waals surface area contributed by atoms with Crippen LogP contribution in [-0.2, 0) is 13.6 Å². The minimum atomic E-state index is -3.82. The molecule has 2 aliphatic heterocycles. The van der Waals surface area contributed by atoms with Gasteiger partial charge in [0.15, 0.2) is 0 Å². The van der Waals surface area contributed by atoms with Gasteiger partial charge in [-0.15, -0.1) is 0 Å². The molecule has 2 N–H and O–H groups in total. The lowest BCUT2D eigenvalue weighted by atomic mass is 10.0. The Bertz CT molecular complexity index is 1980. The Morgan fingerprint density at radius 3 is 1.45 bits per heavy atom. The van der Waals surface area contributed by atoms with Crippen LogP contribution in [0.3, 0.4) is 0 Å². The molecule has 0 radical (unpaired) electrons. The van der Waals surface area contributed by atoms with Crippen LogP contribution in [0, 0.1) is 0 Å². The lowest BCUT2D eigenvalue weighted by molar-refractivity contribution is 0.229. The Kier molecular flexibility index (Phi) is 7.44. The second-order valence-corrected chi connectivity index (χ2v) is 12.4. The van der Waals surface area contributed by atoms with E-state index in [0.29, 0.717) is 16.7 Å². The predicted octanol–water partition coefficient (Wildman–Crippen LogP) is 8.88. The number of hydrogen-bond acceptors (Lipinski definition) is 5. The second kappa shape index (κ2) is 11.7. The molecule has 7 nitrogen and oxygen atoms in total. The molecule has 5 aromatic rings. The highest BCUT2D eigenvalue weighted by Gasteiger charge is 2.34. The van der Waals surface area contributed by atoms with E-state index in [0.717, 1.165) is 55.7 Å². The number of rotatable bonds is 7. The van der Waals surface area contributed by atoms with Gasteiger partial charge in [0.25, 0.3) is 0 Å². The van der Waals surface area contributed by atoms with Crippen molar-refractivity contribution < 1.29 is 13.6 Å². The summed E-state index contributed by atoms with van der Waals surface area (Å²) in [5, 5.41) is 0.346. The lowest BCUT2D eigenvalue weighted by Crippen LogP contribution is -2.17. The van der Waals surface area contributed by atoms with E-state index in [9.17, 15) is 4.57 Å². The number of H-pyrrole nitrogens is 2. The predicted molar refractivity (Wildman–Crippen MR) is 180 cm³/mol. The summed E-state index contributed by atoms with van der Waals surface area (Å²) < 4.78 is 26.3. The van der Waals surface area contributed by atoms with Crippen LogP contribution in [0.4, 0.5) is 0 Å². The fourth-order valence-corrected chi connectivity index (χ4v) is 7.55. The van der Waals surface area contributed by atoms with Crippen molar-refractivity contribution in [2.24, 2.45) is 0 Å². The Morgan fingerprint density at radius 2 is 1.02 bits per heavy atom. The molecule has 218 valence electrons. The fraction of sp³-hybridized carbons (Fsp3) is 0.111. The third-order valence-corrected chi connectivity index (χ3v) is 9.74. The number of aromatic amines is 2. The molecule has 2 aromatic carbocycles. The molecule has 7 rings (SSSR count). The summed E-state index contributed by atoms with van der Waals surface area (Å²) >= 11 is 0. The Balaban J connectivity index is 1.66. The zero-order valence-electron chi connectivity index (χ0n) is 24.5. The van der Waals surface area contributed by atoms with Gasteiger partial charge in [-0.2, -0.15) is 0 Å². The molecule has 0 aliphatic carbocycles. The summed E-state index contributed by atoms with van der Waals surface area (Å²) in [6.45, 7) is 4.02. The first-order valence-corrected chi connectivity index (χ1v) is 16.2. The third kappa shape index (κ3) is 5.16. The molecule has 0 fully saturated rings. The van der Waals surface area contributed by atoms with Crippen molar-refractivity contribution in [3.8, 4) is 22.3 Å². The largest absolute Gasteiger partial charge is 0.365 e. The molecule has 0 unspecified atom stereocenters. The van der Waals surface area contributed by atoms with Crippen LogP contribution >= 0.6 is 7.60 Å². The van der Waals surface area contributed by atoms with Crippen molar-refractivity contribution in [1.82, 2.24) is 19.9 Å². The molecule has 0 spiro atoms. The molecule has 3 aromatic heterocycles. The average molecular weight is 599 g/mol. The van der Waals surface area contributed by atoms with E-state index >= 15 is 0 Å². The van der Waals surface area contributed by atoms with Gasteiger partial charge in [-0.05, 0) is 79.6 Å². The van der Waals surface area contributed by atoms with Crippen LogP contribution in [0.25, 0.3) is 68.6 Å². The lowest BCUT2D eigenvalue weighted by Gasteiger charge is -2.18. The van der Waals surface area contributed by atoms with Gasteiger partial charge < -0.3 is 19.0 Å².